The SMILES string of the molecule is Brc1c(C2CCCC2)nn2c1NCCC2c1ccncc1. The molecule has 1 aliphatic heterocycles. The first kappa shape index (κ1) is 13.3. The second kappa shape index (κ2) is 5.44. The van der Waals surface area contributed by atoms with Crippen LogP contribution in [-0.4, -0.2) is 21.3 Å². The van der Waals surface area contributed by atoms with Crippen LogP contribution in [0.4, 0.5) is 5.82 Å². The topological polar surface area (TPSA) is 42.7 Å². The fourth-order valence-electron chi connectivity index (χ4n) is 3.62. The summed E-state index contributed by atoms with van der Waals surface area (Å²) in [4.78, 5) is 4.13. The maximum absolute atomic E-state index is 4.98. The molecule has 1 aliphatic carbocycles. The number of hydrogen-bond donors (Lipinski definition) is 1. The maximum atomic E-state index is 4.98. The van der Waals surface area contributed by atoms with E-state index >= 15 is 0 Å². The molecule has 3 heterocycles. The average molecular weight is 347 g/mol. The van der Waals surface area contributed by atoms with Crippen molar-refractivity contribution in [3.63, 3.8) is 0 Å². The Balaban J connectivity index is 1.76. The molecule has 1 N–H and O–H groups in total. The summed E-state index contributed by atoms with van der Waals surface area (Å²) in [6, 6.07) is 4.52. The van der Waals surface area contributed by atoms with Crippen molar-refractivity contribution in [3.8, 4) is 0 Å². The number of fused-ring (bicyclic) bond motifs is 1. The van der Waals surface area contributed by atoms with Crippen LogP contribution in [0, 0.1) is 0 Å². The van der Waals surface area contributed by atoms with Gasteiger partial charge in [-0.1, -0.05) is 12.8 Å². The number of halogens is 1. The third kappa shape index (κ3) is 2.27. The summed E-state index contributed by atoms with van der Waals surface area (Å²) < 4.78 is 3.35. The van der Waals surface area contributed by atoms with Gasteiger partial charge in [0.1, 0.15) is 5.82 Å². The first-order valence-corrected chi connectivity index (χ1v) is 8.55. The van der Waals surface area contributed by atoms with E-state index < -0.39 is 0 Å². The minimum atomic E-state index is 0.315. The Morgan fingerprint density at radius 2 is 1.90 bits per heavy atom. The van der Waals surface area contributed by atoms with E-state index in [1.165, 1.54) is 41.4 Å². The standard InChI is InChI=1S/C16H19BrN4/c17-14-15(12-3-1-2-4-12)20-21-13(7-10-19-16(14)21)11-5-8-18-9-6-11/h5-6,8-9,12-13,19H,1-4,7,10H2. The van der Waals surface area contributed by atoms with E-state index in [9.17, 15) is 0 Å². The molecule has 0 aromatic carbocycles. The summed E-state index contributed by atoms with van der Waals surface area (Å²) in [6.07, 6.45) is 10.0. The lowest BCUT2D eigenvalue weighted by Crippen LogP contribution is -2.24. The normalized spacial score (nSPS) is 22.0. The molecule has 2 aromatic heterocycles. The van der Waals surface area contributed by atoms with Gasteiger partial charge >= 0.3 is 0 Å². The summed E-state index contributed by atoms with van der Waals surface area (Å²) >= 11 is 3.79. The van der Waals surface area contributed by atoms with Gasteiger partial charge in [0.05, 0.1) is 16.2 Å². The van der Waals surface area contributed by atoms with Crippen LogP contribution in [0.3, 0.4) is 0 Å². The number of nitrogens with zero attached hydrogens (tertiary/aromatic N) is 3. The average Bonchev–Trinajstić information content (AvgIpc) is 3.16. The quantitative estimate of drug-likeness (QED) is 0.889. The fraction of sp³-hybridized carbons (Fsp3) is 0.500. The molecule has 0 radical (unpaired) electrons. The first-order valence-electron chi connectivity index (χ1n) is 7.76. The van der Waals surface area contributed by atoms with Crippen LogP contribution in [0.2, 0.25) is 0 Å². The van der Waals surface area contributed by atoms with Crippen LogP contribution >= 0.6 is 15.9 Å². The van der Waals surface area contributed by atoms with Gasteiger partial charge in [-0.05, 0) is 52.9 Å². The first-order chi connectivity index (χ1) is 10.3. The van der Waals surface area contributed by atoms with Crippen LogP contribution in [-0.2, 0) is 0 Å². The molecule has 0 spiro atoms. The number of nitrogens with one attached hydrogen (secondary N) is 1. The highest BCUT2D eigenvalue weighted by Crippen LogP contribution is 2.42. The Kier molecular flexibility index (Phi) is 3.45. The van der Waals surface area contributed by atoms with Gasteiger partial charge in [-0.15, -0.1) is 0 Å². The van der Waals surface area contributed by atoms with E-state index in [4.69, 9.17) is 5.10 Å². The van der Waals surface area contributed by atoms with E-state index in [0.717, 1.165) is 18.8 Å². The molecule has 4 rings (SSSR count). The largest absolute Gasteiger partial charge is 0.369 e. The molecule has 0 bridgehead atoms. The summed E-state index contributed by atoms with van der Waals surface area (Å²) in [5, 5.41) is 8.49. The monoisotopic (exact) mass is 346 g/mol. The highest BCUT2D eigenvalue weighted by Gasteiger charge is 2.30. The second-order valence-corrected chi connectivity index (χ2v) is 6.78. The number of pyridine rings is 1. The van der Waals surface area contributed by atoms with Crippen molar-refractivity contribution in [1.82, 2.24) is 14.8 Å². The molecule has 21 heavy (non-hydrogen) atoms. The zero-order chi connectivity index (χ0) is 14.2. The van der Waals surface area contributed by atoms with Crippen molar-refractivity contribution in [2.24, 2.45) is 0 Å². The molecule has 0 amide bonds. The van der Waals surface area contributed by atoms with Crippen molar-refractivity contribution in [3.05, 3.63) is 40.3 Å². The fourth-order valence-corrected chi connectivity index (χ4v) is 4.34. The smallest absolute Gasteiger partial charge is 0.139 e. The van der Waals surface area contributed by atoms with Gasteiger partial charge in [0, 0.05) is 24.9 Å². The van der Waals surface area contributed by atoms with Crippen molar-refractivity contribution >= 4 is 21.7 Å². The second-order valence-electron chi connectivity index (χ2n) is 5.99. The van der Waals surface area contributed by atoms with Crippen molar-refractivity contribution in [2.75, 3.05) is 11.9 Å². The molecule has 2 aliphatic rings. The van der Waals surface area contributed by atoms with E-state index in [0.29, 0.717) is 12.0 Å². The van der Waals surface area contributed by atoms with Crippen LogP contribution in [0.25, 0.3) is 0 Å². The van der Waals surface area contributed by atoms with E-state index in [1.54, 1.807) is 0 Å². The summed E-state index contributed by atoms with van der Waals surface area (Å²) in [7, 11) is 0. The van der Waals surface area contributed by atoms with Crippen molar-refractivity contribution in [2.45, 2.75) is 44.1 Å². The van der Waals surface area contributed by atoms with Crippen LogP contribution < -0.4 is 5.32 Å². The van der Waals surface area contributed by atoms with Gasteiger partial charge in [0.25, 0.3) is 0 Å². The Morgan fingerprint density at radius 3 is 2.67 bits per heavy atom. The molecular formula is C16H19BrN4. The summed E-state index contributed by atoms with van der Waals surface area (Å²) in [5.74, 6) is 1.77. The Bertz CT molecular complexity index is 631. The molecule has 2 aromatic rings. The predicted molar refractivity (Wildman–Crippen MR) is 86.6 cm³/mol. The molecule has 4 nitrogen and oxygen atoms in total. The van der Waals surface area contributed by atoms with Crippen LogP contribution in [0.5, 0.6) is 0 Å². The lowest BCUT2D eigenvalue weighted by Gasteiger charge is -2.26. The predicted octanol–water partition coefficient (Wildman–Crippen LogP) is 4.10. The van der Waals surface area contributed by atoms with Crippen LogP contribution in [0.15, 0.2) is 29.0 Å². The van der Waals surface area contributed by atoms with Gasteiger partial charge in [-0.3, -0.25) is 4.98 Å². The van der Waals surface area contributed by atoms with E-state index in [-0.39, 0.29) is 0 Å². The molecule has 0 saturated heterocycles. The molecule has 1 atom stereocenters. The van der Waals surface area contributed by atoms with Crippen LogP contribution in [0.1, 0.15) is 55.3 Å². The molecule has 1 fully saturated rings. The Morgan fingerprint density at radius 1 is 1.14 bits per heavy atom. The van der Waals surface area contributed by atoms with Crippen molar-refractivity contribution < 1.29 is 0 Å². The van der Waals surface area contributed by atoms with E-state index in [2.05, 4.69) is 43.0 Å². The van der Waals surface area contributed by atoms with Gasteiger partial charge < -0.3 is 5.32 Å². The Labute approximate surface area is 133 Å². The lowest BCUT2D eigenvalue weighted by atomic mass is 10.0. The summed E-state index contributed by atoms with van der Waals surface area (Å²) in [5.41, 5.74) is 2.54. The maximum Gasteiger partial charge on any atom is 0.139 e. The van der Waals surface area contributed by atoms with Crippen molar-refractivity contribution in [1.29, 1.82) is 0 Å². The van der Waals surface area contributed by atoms with E-state index in [1.807, 2.05) is 12.4 Å². The number of rotatable bonds is 2. The third-order valence-corrected chi connectivity index (χ3v) is 5.50. The number of aromatic nitrogens is 3. The summed E-state index contributed by atoms with van der Waals surface area (Å²) in [6.45, 7) is 0.987. The zero-order valence-electron chi connectivity index (χ0n) is 11.9. The van der Waals surface area contributed by atoms with Gasteiger partial charge in [0.2, 0.25) is 0 Å². The lowest BCUT2D eigenvalue weighted by molar-refractivity contribution is 0.473. The van der Waals surface area contributed by atoms with Gasteiger partial charge in [0.15, 0.2) is 0 Å². The number of anilines is 1. The van der Waals surface area contributed by atoms with Gasteiger partial charge in [-0.2, -0.15) is 5.10 Å². The number of hydrogen-bond acceptors (Lipinski definition) is 3. The van der Waals surface area contributed by atoms with Gasteiger partial charge in [-0.25, -0.2) is 4.68 Å². The third-order valence-electron chi connectivity index (χ3n) is 4.72. The molecule has 1 unspecified atom stereocenters. The highest BCUT2D eigenvalue weighted by atomic mass is 79.9. The highest BCUT2D eigenvalue weighted by molar-refractivity contribution is 9.10. The molecular weight excluding hydrogens is 328 g/mol. The minimum Gasteiger partial charge on any atom is -0.369 e. The zero-order valence-corrected chi connectivity index (χ0v) is 13.5. The molecule has 1 saturated carbocycles. The Hall–Kier alpha value is -1.36. The minimum absolute atomic E-state index is 0.315. The molecule has 110 valence electrons. The molecule has 5 heteroatoms.